The molecule has 0 bridgehead atoms. The molecule has 0 saturated heterocycles. The van der Waals surface area contributed by atoms with Crippen LogP contribution >= 0.6 is 11.5 Å². The van der Waals surface area contributed by atoms with Crippen molar-refractivity contribution in [1.82, 2.24) is 4.37 Å². The molecule has 0 spiro atoms. The summed E-state index contributed by atoms with van der Waals surface area (Å²) in [5.74, 6) is -0.151. The van der Waals surface area contributed by atoms with Gasteiger partial charge in [-0.2, -0.15) is 4.37 Å². The van der Waals surface area contributed by atoms with Crippen molar-refractivity contribution < 1.29 is 14.6 Å². The van der Waals surface area contributed by atoms with Gasteiger partial charge in [-0.05, 0) is 41.6 Å². The standard InChI is InChI=1S/C14H13NO3S/c1-18-12-11(8-19-15-12)9-3-2-4-10(7-9)14(5-6-14)13(16)17/h2-4,7-8H,5-6H2,1H3,(H,16,17). The number of ether oxygens (including phenoxy) is 1. The second-order valence-corrected chi connectivity index (χ2v) is 5.33. The molecule has 0 unspecified atom stereocenters. The lowest BCUT2D eigenvalue weighted by Crippen LogP contribution is -2.19. The molecule has 0 atom stereocenters. The van der Waals surface area contributed by atoms with E-state index in [9.17, 15) is 9.90 Å². The van der Waals surface area contributed by atoms with E-state index in [1.54, 1.807) is 7.11 Å². The van der Waals surface area contributed by atoms with Crippen molar-refractivity contribution in [3.8, 4) is 17.0 Å². The number of hydrogen-bond acceptors (Lipinski definition) is 4. The number of methoxy groups -OCH3 is 1. The highest BCUT2D eigenvalue weighted by molar-refractivity contribution is 7.04. The van der Waals surface area contributed by atoms with Crippen molar-refractivity contribution >= 4 is 17.5 Å². The van der Waals surface area contributed by atoms with Crippen molar-refractivity contribution in [3.63, 3.8) is 0 Å². The largest absolute Gasteiger partial charge is 0.481 e. The van der Waals surface area contributed by atoms with Gasteiger partial charge in [0.05, 0.1) is 18.1 Å². The van der Waals surface area contributed by atoms with E-state index < -0.39 is 11.4 Å². The molecule has 3 rings (SSSR count). The average molecular weight is 275 g/mol. The lowest BCUT2D eigenvalue weighted by atomic mass is 9.93. The average Bonchev–Trinajstić information content (AvgIpc) is 3.11. The maximum atomic E-state index is 11.4. The van der Waals surface area contributed by atoms with Gasteiger partial charge in [0, 0.05) is 5.38 Å². The molecule has 1 aliphatic carbocycles. The van der Waals surface area contributed by atoms with Crippen molar-refractivity contribution in [3.05, 3.63) is 35.2 Å². The Morgan fingerprint density at radius 3 is 2.89 bits per heavy atom. The first kappa shape index (κ1) is 12.2. The number of carboxylic acid groups (broad SMARTS) is 1. The molecule has 98 valence electrons. The van der Waals surface area contributed by atoms with Crippen LogP contribution < -0.4 is 4.74 Å². The Labute approximate surface area is 114 Å². The highest BCUT2D eigenvalue weighted by Crippen LogP contribution is 2.49. The third kappa shape index (κ3) is 1.90. The third-order valence-electron chi connectivity index (χ3n) is 3.62. The first-order valence-electron chi connectivity index (χ1n) is 6.00. The first-order chi connectivity index (χ1) is 9.17. The summed E-state index contributed by atoms with van der Waals surface area (Å²) in [6.45, 7) is 0. The Bertz CT molecular complexity index is 631. The Kier molecular flexibility index (Phi) is 2.78. The molecule has 4 nitrogen and oxygen atoms in total. The van der Waals surface area contributed by atoms with E-state index in [1.165, 1.54) is 11.5 Å². The highest BCUT2D eigenvalue weighted by atomic mass is 32.1. The summed E-state index contributed by atoms with van der Waals surface area (Å²) in [6.07, 6.45) is 1.43. The van der Waals surface area contributed by atoms with Crippen LogP contribution in [0.2, 0.25) is 0 Å². The molecule has 2 aromatic rings. The number of aliphatic carboxylic acids is 1. The predicted octanol–water partition coefficient (Wildman–Crippen LogP) is 2.93. The number of nitrogens with zero attached hydrogens (tertiary/aromatic N) is 1. The first-order valence-corrected chi connectivity index (χ1v) is 6.84. The summed E-state index contributed by atoms with van der Waals surface area (Å²) >= 11 is 1.33. The van der Waals surface area contributed by atoms with Gasteiger partial charge >= 0.3 is 5.97 Å². The van der Waals surface area contributed by atoms with Crippen molar-refractivity contribution in [2.24, 2.45) is 0 Å². The topological polar surface area (TPSA) is 59.4 Å². The van der Waals surface area contributed by atoms with Crippen LogP contribution in [0.1, 0.15) is 18.4 Å². The van der Waals surface area contributed by atoms with Gasteiger partial charge in [-0.15, -0.1) is 0 Å². The maximum absolute atomic E-state index is 11.4. The minimum Gasteiger partial charge on any atom is -0.481 e. The van der Waals surface area contributed by atoms with Crippen LogP contribution in [-0.2, 0) is 10.2 Å². The van der Waals surface area contributed by atoms with Crippen LogP contribution in [-0.4, -0.2) is 22.6 Å². The van der Waals surface area contributed by atoms with Crippen LogP contribution in [0.25, 0.3) is 11.1 Å². The molecule has 1 heterocycles. The zero-order chi connectivity index (χ0) is 13.5. The molecular weight excluding hydrogens is 262 g/mol. The fraction of sp³-hybridized carbons (Fsp3) is 0.286. The van der Waals surface area contributed by atoms with Crippen LogP contribution in [0.4, 0.5) is 0 Å². The number of aromatic nitrogens is 1. The van der Waals surface area contributed by atoms with E-state index in [2.05, 4.69) is 4.37 Å². The Morgan fingerprint density at radius 1 is 1.47 bits per heavy atom. The summed E-state index contributed by atoms with van der Waals surface area (Å²) in [5.41, 5.74) is 2.06. The van der Waals surface area contributed by atoms with Crippen LogP contribution in [0.15, 0.2) is 29.6 Å². The van der Waals surface area contributed by atoms with Gasteiger partial charge in [-0.1, -0.05) is 18.2 Å². The maximum Gasteiger partial charge on any atom is 0.314 e. The Morgan fingerprint density at radius 2 is 2.26 bits per heavy atom. The van der Waals surface area contributed by atoms with Crippen molar-refractivity contribution in [1.29, 1.82) is 0 Å². The van der Waals surface area contributed by atoms with Crippen molar-refractivity contribution in [2.75, 3.05) is 7.11 Å². The molecule has 1 saturated carbocycles. The third-order valence-corrected chi connectivity index (χ3v) is 4.23. The Hall–Kier alpha value is -1.88. The van der Waals surface area contributed by atoms with E-state index in [0.29, 0.717) is 18.7 Å². The van der Waals surface area contributed by atoms with Gasteiger partial charge in [0.15, 0.2) is 0 Å². The molecule has 5 heteroatoms. The second-order valence-electron chi connectivity index (χ2n) is 4.71. The molecule has 1 fully saturated rings. The number of benzene rings is 1. The molecule has 1 aliphatic rings. The summed E-state index contributed by atoms with van der Waals surface area (Å²) in [5, 5.41) is 11.3. The summed E-state index contributed by atoms with van der Waals surface area (Å²) in [7, 11) is 1.59. The molecule has 0 amide bonds. The molecule has 0 aliphatic heterocycles. The highest BCUT2D eigenvalue weighted by Gasteiger charge is 2.51. The van der Waals surface area contributed by atoms with Gasteiger partial charge in [0.1, 0.15) is 0 Å². The van der Waals surface area contributed by atoms with E-state index >= 15 is 0 Å². The molecule has 1 aromatic heterocycles. The zero-order valence-corrected chi connectivity index (χ0v) is 11.2. The number of carbonyl (C=O) groups is 1. The fourth-order valence-corrected chi connectivity index (χ4v) is 2.96. The normalized spacial score (nSPS) is 16.1. The van der Waals surface area contributed by atoms with Crippen LogP contribution in [0.5, 0.6) is 5.88 Å². The number of hydrogen-bond donors (Lipinski definition) is 1. The van der Waals surface area contributed by atoms with Gasteiger partial charge in [0.25, 0.3) is 0 Å². The summed E-state index contributed by atoms with van der Waals surface area (Å²) in [6, 6.07) is 7.67. The second kappa shape index (κ2) is 4.35. The monoisotopic (exact) mass is 275 g/mol. The minimum atomic E-state index is -0.736. The molecule has 1 N–H and O–H groups in total. The van der Waals surface area contributed by atoms with Gasteiger partial charge in [0.2, 0.25) is 5.88 Å². The van der Waals surface area contributed by atoms with E-state index in [1.807, 2.05) is 29.6 Å². The van der Waals surface area contributed by atoms with Gasteiger partial charge in [-0.3, -0.25) is 4.79 Å². The molecule has 0 radical (unpaired) electrons. The van der Waals surface area contributed by atoms with Gasteiger partial charge < -0.3 is 9.84 Å². The van der Waals surface area contributed by atoms with Crippen LogP contribution in [0, 0.1) is 0 Å². The SMILES string of the molecule is COc1nscc1-c1cccc(C2(C(=O)O)CC2)c1. The lowest BCUT2D eigenvalue weighted by Gasteiger charge is -2.11. The molecule has 1 aromatic carbocycles. The fourth-order valence-electron chi connectivity index (χ4n) is 2.30. The Balaban J connectivity index is 2.04. The lowest BCUT2D eigenvalue weighted by molar-refractivity contribution is -0.140. The summed E-state index contributed by atoms with van der Waals surface area (Å²) < 4.78 is 9.37. The van der Waals surface area contributed by atoms with E-state index in [0.717, 1.165) is 16.7 Å². The quantitative estimate of drug-likeness (QED) is 0.932. The van der Waals surface area contributed by atoms with Crippen molar-refractivity contribution in [2.45, 2.75) is 18.3 Å². The van der Waals surface area contributed by atoms with Crippen LogP contribution in [0.3, 0.4) is 0 Å². The summed E-state index contributed by atoms with van der Waals surface area (Å²) in [4.78, 5) is 11.4. The molecule has 19 heavy (non-hydrogen) atoms. The number of carboxylic acids is 1. The minimum absolute atomic E-state index is 0.585. The zero-order valence-electron chi connectivity index (χ0n) is 10.4. The predicted molar refractivity (Wildman–Crippen MR) is 72.6 cm³/mol. The van der Waals surface area contributed by atoms with Gasteiger partial charge in [-0.25, -0.2) is 0 Å². The smallest absolute Gasteiger partial charge is 0.314 e. The van der Waals surface area contributed by atoms with E-state index in [4.69, 9.17) is 4.74 Å². The number of rotatable bonds is 4. The van der Waals surface area contributed by atoms with E-state index in [-0.39, 0.29) is 0 Å². The molecular formula is C14H13NO3S.